The monoisotopic (exact) mass is 278 g/mol. The van der Waals surface area contributed by atoms with E-state index in [0.717, 1.165) is 21.8 Å². The molecule has 0 saturated heterocycles. The second-order valence-corrected chi connectivity index (χ2v) is 4.10. The topological polar surface area (TPSA) is 34.1 Å². The lowest BCUT2D eigenvalue weighted by Crippen LogP contribution is -1.92. The molecule has 1 aromatic carbocycles. The molecule has 0 spiro atoms. The van der Waals surface area contributed by atoms with Crippen LogP contribution in [-0.2, 0) is 0 Å². The zero-order valence-corrected chi connectivity index (χ0v) is 10.4. The fraction of sp³-hybridized carbons (Fsp3) is 0.0833. The SMILES string of the molecule is CNc1cc(Oc2ccc(Br)cc2)ccn1. The zero-order chi connectivity index (χ0) is 11.4. The predicted octanol–water partition coefficient (Wildman–Crippen LogP) is 3.68. The molecule has 0 aliphatic rings. The second kappa shape index (κ2) is 4.99. The van der Waals surface area contributed by atoms with E-state index in [1.807, 2.05) is 43.4 Å². The Morgan fingerprint density at radius 3 is 2.56 bits per heavy atom. The van der Waals surface area contributed by atoms with Crippen LogP contribution in [0.3, 0.4) is 0 Å². The molecule has 0 fully saturated rings. The van der Waals surface area contributed by atoms with Crippen LogP contribution in [0, 0.1) is 0 Å². The largest absolute Gasteiger partial charge is 0.457 e. The number of halogens is 1. The Labute approximate surface area is 103 Å². The lowest BCUT2D eigenvalue weighted by Gasteiger charge is -2.06. The van der Waals surface area contributed by atoms with Crippen molar-refractivity contribution in [3.8, 4) is 11.5 Å². The molecule has 2 aromatic rings. The number of anilines is 1. The van der Waals surface area contributed by atoms with Gasteiger partial charge in [-0.15, -0.1) is 0 Å². The van der Waals surface area contributed by atoms with Gasteiger partial charge in [-0.05, 0) is 30.3 Å². The Bertz CT molecular complexity index is 471. The van der Waals surface area contributed by atoms with E-state index >= 15 is 0 Å². The lowest BCUT2D eigenvalue weighted by molar-refractivity contribution is 0.482. The summed E-state index contributed by atoms with van der Waals surface area (Å²) in [5.41, 5.74) is 0. The first-order chi connectivity index (χ1) is 7.78. The molecule has 0 amide bonds. The highest BCUT2D eigenvalue weighted by Crippen LogP contribution is 2.24. The molecule has 1 aromatic heterocycles. The average Bonchev–Trinajstić information content (AvgIpc) is 2.32. The van der Waals surface area contributed by atoms with Crippen molar-refractivity contribution < 1.29 is 4.74 Å². The molecular weight excluding hydrogens is 268 g/mol. The average molecular weight is 279 g/mol. The van der Waals surface area contributed by atoms with E-state index in [0.29, 0.717) is 0 Å². The van der Waals surface area contributed by atoms with Gasteiger partial charge in [-0.2, -0.15) is 0 Å². The van der Waals surface area contributed by atoms with Gasteiger partial charge in [-0.25, -0.2) is 4.98 Å². The van der Waals surface area contributed by atoms with Crippen molar-refractivity contribution in [3.63, 3.8) is 0 Å². The van der Waals surface area contributed by atoms with Crippen LogP contribution in [0.1, 0.15) is 0 Å². The molecule has 2 rings (SSSR count). The number of benzene rings is 1. The molecule has 1 heterocycles. The van der Waals surface area contributed by atoms with Gasteiger partial charge < -0.3 is 10.1 Å². The molecule has 0 aliphatic heterocycles. The first kappa shape index (κ1) is 11.0. The van der Waals surface area contributed by atoms with Crippen LogP contribution in [0.5, 0.6) is 11.5 Å². The summed E-state index contributed by atoms with van der Waals surface area (Å²) in [4.78, 5) is 4.12. The quantitative estimate of drug-likeness (QED) is 0.930. The molecule has 82 valence electrons. The molecule has 0 atom stereocenters. The van der Waals surface area contributed by atoms with E-state index in [9.17, 15) is 0 Å². The minimum absolute atomic E-state index is 0.765. The summed E-state index contributed by atoms with van der Waals surface area (Å²) in [5, 5.41) is 2.96. The maximum Gasteiger partial charge on any atom is 0.132 e. The van der Waals surface area contributed by atoms with Crippen LogP contribution in [0.2, 0.25) is 0 Å². The van der Waals surface area contributed by atoms with E-state index in [4.69, 9.17) is 4.74 Å². The number of nitrogens with one attached hydrogen (secondary N) is 1. The van der Waals surface area contributed by atoms with Crippen LogP contribution >= 0.6 is 15.9 Å². The molecule has 0 radical (unpaired) electrons. The van der Waals surface area contributed by atoms with E-state index in [1.54, 1.807) is 6.20 Å². The maximum absolute atomic E-state index is 5.68. The number of rotatable bonds is 3. The Morgan fingerprint density at radius 2 is 1.88 bits per heavy atom. The van der Waals surface area contributed by atoms with Crippen molar-refractivity contribution >= 4 is 21.7 Å². The molecule has 0 bridgehead atoms. The standard InChI is InChI=1S/C12H11BrN2O/c1-14-12-8-11(6-7-15-12)16-10-4-2-9(13)3-5-10/h2-8H,1H3,(H,14,15). The van der Waals surface area contributed by atoms with Gasteiger partial charge in [0.1, 0.15) is 17.3 Å². The number of pyridine rings is 1. The summed E-state index contributed by atoms with van der Waals surface area (Å²) in [7, 11) is 1.83. The minimum Gasteiger partial charge on any atom is -0.457 e. The summed E-state index contributed by atoms with van der Waals surface area (Å²) in [6.45, 7) is 0. The Hall–Kier alpha value is -1.55. The van der Waals surface area contributed by atoms with Gasteiger partial charge in [-0.3, -0.25) is 0 Å². The van der Waals surface area contributed by atoms with Crippen molar-refractivity contribution in [2.24, 2.45) is 0 Å². The molecule has 16 heavy (non-hydrogen) atoms. The van der Waals surface area contributed by atoms with Gasteiger partial charge in [0.15, 0.2) is 0 Å². The molecule has 4 heteroatoms. The van der Waals surface area contributed by atoms with Crippen LogP contribution < -0.4 is 10.1 Å². The third-order valence-corrected chi connectivity index (χ3v) is 2.57. The third-order valence-electron chi connectivity index (χ3n) is 2.04. The Balaban J connectivity index is 2.16. The normalized spacial score (nSPS) is 9.88. The lowest BCUT2D eigenvalue weighted by atomic mass is 10.3. The van der Waals surface area contributed by atoms with Gasteiger partial charge in [0.2, 0.25) is 0 Å². The third kappa shape index (κ3) is 2.73. The van der Waals surface area contributed by atoms with Crippen molar-refractivity contribution in [2.75, 3.05) is 12.4 Å². The highest BCUT2D eigenvalue weighted by atomic mass is 79.9. The summed E-state index contributed by atoms with van der Waals surface area (Å²) < 4.78 is 6.71. The Morgan fingerprint density at radius 1 is 1.12 bits per heavy atom. The number of nitrogens with zero attached hydrogens (tertiary/aromatic N) is 1. The second-order valence-electron chi connectivity index (χ2n) is 3.18. The van der Waals surface area contributed by atoms with Crippen LogP contribution in [-0.4, -0.2) is 12.0 Å². The number of aromatic nitrogens is 1. The molecule has 0 saturated carbocycles. The zero-order valence-electron chi connectivity index (χ0n) is 8.77. The smallest absolute Gasteiger partial charge is 0.132 e. The van der Waals surface area contributed by atoms with E-state index < -0.39 is 0 Å². The van der Waals surface area contributed by atoms with E-state index in [2.05, 4.69) is 26.2 Å². The highest BCUT2D eigenvalue weighted by Gasteiger charge is 1.98. The predicted molar refractivity (Wildman–Crippen MR) is 68.0 cm³/mol. The van der Waals surface area contributed by atoms with Crippen molar-refractivity contribution in [1.82, 2.24) is 4.98 Å². The van der Waals surface area contributed by atoms with Crippen LogP contribution in [0.25, 0.3) is 0 Å². The minimum atomic E-state index is 0.765. The summed E-state index contributed by atoms with van der Waals surface area (Å²) >= 11 is 3.38. The van der Waals surface area contributed by atoms with Gasteiger partial charge in [0, 0.05) is 23.8 Å². The van der Waals surface area contributed by atoms with Crippen LogP contribution in [0.4, 0.5) is 5.82 Å². The molecule has 3 nitrogen and oxygen atoms in total. The summed E-state index contributed by atoms with van der Waals surface area (Å²) in [6.07, 6.45) is 1.71. The van der Waals surface area contributed by atoms with Crippen molar-refractivity contribution in [3.05, 3.63) is 47.1 Å². The Kier molecular flexibility index (Phi) is 3.41. The fourth-order valence-corrected chi connectivity index (χ4v) is 1.51. The van der Waals surface area contributed by atoms with Gasteiger partial charge >= 0.3 is 0 Å². The number of hydrogen-bond donors (Lipinski definition) is 1. The number of ether oxygens (including phenoxy) is 1. The van der Waals surface area contributed by atoms with E-state index in [-0.39, 0.29) is 0 Å². The maximum atomic E-state index is 5.68. The number of hydrogen-bond acceptors (Lipinski definition) is 3. The van der Waals surface area contributed by atoms with Crippen molar-refractivity contribution in [1.29, 1.82) is 0 Å². The molecule has 0 aliphatic carbocycles. The fourth-order valence-electron chi connectivity index (χ4n) is 1.25. The van der Waals surface area contributed by atoms with Crippen molar-refractivity contribution in [2.45, 2.75) is 0 Å². The summed E-state index contributed by atoms with van der Waals surface area (Å²) in [6, 6.07) is 11.4. The molecular formula is C12H11BrN2O. The first-order valence-electron chi connectivity index (χ1n) is 4.85. The van der Waals surface area contributed by atoms with Gasteiger partial charge in [0.25, 0.3) is 0 Å². The molecule has 1 N–H and O–H groups in total. The first-order valence-corrected chi connectivity index (χ1v) is 5.64. The highest BCUT2D eigenvalue weighted by molar-refractivity contribution is 9.10. The molecule has 0 unspecified atom stereocenters. The van der Waals surface area contributed by atoms with Gasteiger partial charge in [-0.1, -0.05) is 15.9 Å². The van der Waals surface area contributed by atoms with Crippen LogP contribution in [0.15, 0.2) is 47.1 Å². The summed E-state index contributed by atoms with van der Waals surface area (Å²) in [5.74, 6) is 2.35. The van der Waals surface area contributed by atoms with E-state index in [1.165, 1.54) is 0 Å². The van der Waals surface area contributed by atoms with Gasteiger partial charge in [0.05, 0.1) is 0 Å².